The van der Waals surface area contributed by atoms with Crippen molar-refractivity contribution < 1.29 is 4.74 Å². The molecule has 62 valence electrons. The molecule has 0 fully saturated rings. The van der Waals surface area contributed by atoms with E-state index in [4.69, 9.17) is 11.2 Å². The Hall–Kier alpha value is -1.49. The van der Waals surface area contributed by atoms with E-state index in [1.54, 1.807) is 19.4 Å². The third-order valence-electron chi connectivity index (χ3n) is 1.68. The molecule has 0 saturated heterocycles. The summed E-state index contributed by atoms with van der Waals surface area (Å²) < 4.78 is 5.04. The molecule has 0 aliphatic carbocycles. The van der Waals surface area contributed by atoms with Gasteiger partial charge in [0.2, 0.25) is 0 Å². The van der Waals surface area contributed by atoms with Crippen molar-refractivity contribution in [3.05, 3.63) is 24.0 Å². The normalized spacial score (nSPS) is 11.8. The first-order chi connectivity index (χ1) is 5.77. The number of ether oxygens (including phenoxy) is 1. The van der Waals surface area contributed by atoms with Gasteiger partial charge >= 0.3 is 0 Å². The molecular weight excluding hydrogens is 150 g/mol. The predicted octanol–water partition coefficient (Wildman–Crippen LogP) is 1.83. The molecule has 1 atom stereocenters. The van der Waals surface area contributed by atoms with E-state index in [0.29, 0.717) is 0 Å². The monoisotopic (exact) mass is 161 g/mol. The average Bonchev–Trinajstić information content (AvgIpc) is 2.17. The number of methoxy groups -OCH3 is 1. The fourth-order valence-electron chi connectivity index (χ4n) is 0.877. The molecule has 0 radical (unpaired) electrons. The largest absolute Gasteiger partial charge is 0.497 e. The maximum absolute atomic E-state index is 5.26. The van der Waals surface area contributed by atoms with E-state index in [0.717, 1.165) is 11.4 Å². The molecule has 1 aromatic heterocycles. The van der Waals surface area contributed by atoms with Crippen LogP contribution < -0.4 is 4.74 Å². The van der Waals surface area contributed by atoms with Gasteiger partial charge in [0.05, 0.1) is 18.7 Å². The van der Waals surface area contributed by atoms with Gasteiger partial charge in [-0.15, -0.1) is 6.42 Å². The number of hydrogen-bond donors (Lipinski definition) is 0. The van der Waals surface area contributed by atoms with Crippen LogP contribution in [-0.4, -0.2) is 12.1 Å². The number of aromatic nitrogens is 1. The average molecular weight is 161 g/mol. The summed E-state index contributed by atoms with van der Waals surface area (Å²) in [6, 6.07) is 3.65. The molecule has 0 amide bonds. The summed E-state index contributed by atoms with van der Waals surface area (Å²) >= 11 is 0. The first-order valence-electron chi connectivity index (χ1n) is 3.74. The van der Waals surface area contributed by atoms with Gasteiger partial charge in [0.15, 0.2) is 0 Å². The fraction of sp³-hybridized carbons (Fsp3) is 0.300. The van der Waals surface area contributed by atoms with Crippen molar-refractivity contribution >= 4 is 0 Å². The summed E-state index contributed by atoms with van der Waals surface area (Å²) in [6.07, 6.45) is 6.96. The number of hydrogen-bond acceptors (Lipinski definition) is 2. The highest BCUT2D eigenvalue weighted by molar-refractivity contribution is 5.27. The zero-order chi connectivity index (χ0) is 8.97. The van der Waals surface area contributed by atoms with Crippen molar-refractivity contribution in [3.8, 4) is 18.1 Å². The number of terminal acetylenes is 1. The van der Waals surface area contributed by atoms with Gasteiger partial charge in [-0.2, -0.15) is 0 Å². The minimum atomic E-state index is 0.0418. The van der Waals surface area contributed by atoms with Gasteiger partial charge in [-0.1, -0.05) is 5.92 Å². The van der Waals surface area contributed by atoms with E-state index >= 15 is 0 Å². The summed E-state index contributed by atoms with van der Waals surface area (Å²) in [4.78, 5) is 4.14. The van der Waals surface area contributed by atoms with E-state index < -0.39 is 0 Å². The van der Waals surface area contributed by atoms with E-state index in [1.165, 1.54) is 0 Å². The molecule has 0 N–H and O–H groups in total. The quantitative estimate of drug-likeness (QED) is 0.617. The molecule has 0 saturated carbocycles. The van der Waals surface area contributed by atoms with Crippen molar-refractivity contribution in [1.29, 1.82) is 0 Å². The Morgan fingerprint density at radius 2 is 2.42 bits per heavy atom. The van der Waals surface area contributed by atoms with Crippen LogP contribution in [0.4, 0.5) is 0 Å². The maximum Gasteiger partial charge on any atom is 0.122 e. The summed E-state index contributed by atoms with van der Waals surface area (Å²) in [7, 11) is 1.62. The molecule has 1 aromatic rings. The van der Waals surface area contributed by atoms with Gasteiger partial charge in [-0.3, -0.25) is 4.98 Å². The van der Waals surface area contributed by atoms with Crippen LogP contribution in [0.5, 0.6) is 5.75 Å². The van der Waals surface area contributed by atoms with Crippen LogP contribution in [0.1, 0.15) is 18.5 Å². The Morgan fingerprint density at radius 3 is 3.00 bits per heavy atom. The van der Waals surface area contributed by atoms with Crippen molar-refractivity contribution in [2.24, 2.45) is 0 Å². The van der Waals surface area contributed by atoms with Gasteiger partial charge in [-0.25, -0.2) is 0 Å². The molecule has 1 unspecified atom stereocenters. The smallest absolute Gasteiger partial charge is 0.122 e. The third kappa shape index (κ3) is 1.76. The summed E-state index contributed by atoms with van der Waals surface area (Å²) in [5.74, 6) is 3.45. The zero-order valence-electron chi connectivity index (χ0n) is 7.24. The van der Waals surface area contributed by atoms with Crippen LogP contribution in [0.25, 0.3) is 0 Å². The van der Waals surface area contributed by atoms with Crippen LogP contribution in [0.3, 0.4) is 0 Å². The summed E-state index contributed by atoms with van der Waals surface area (Å²) in [5.41, 5.74) is 0.872. The highest BCUT2D eigenvalue weighted by Crippen LogP contribution is 2.16. The van der Waals surface area contributed by atoms with Crippen molar-refractivity contribution in [2.45, 2.75) is 12.8 Å². The third-order valence-corrected chi connectivity index (χ3v) is 1.68. The fourth-order valence-corrected chi connectivity index (χ4v) is 0.877. The van der Waals surface area contributed by atoms with Gasteiger partial charge in [0, 0.05) is 12.3 Å². The van der Waals surface area contributed by atoms with Crippen molar-refractivity contribution in [3.63, 3.8) is 0 Å². The van der Waals surface area contributed by atoms with E-state index in [1.807, 2.05) is 13.0 Å². The van der Waals surface area contributed by atoms with Crippen molar-refractivity contribution in [2.75, 3.05) is 7.11 Å². The number of nitrogens with zero attached hydrogens (tertiary/aromatic N) is 1. The predicted molar refractivity (Wildman–Crippen MR) is 48.0 cm³/mol. The summed E-state index contributed by atoms with van der Waals surface area (Å²) in [6.45, 7) is 1.93. The second kappa shape index (κ2) is 3.77. The summed E-state index contributed by atoms with van der Waals surface area (Å²) in [5, 5.41) is 0. The van der Waals surface area contributed by atoms with Gasteiger partial charge in [-0.05, 0) is 13.0 Å². The lowest BCUT2D eigenvalue weighted by molar-refractivity contribution is 0.413. The minimum Gasteiger partial charge on any atom is -0.497 e. The number of rotatable bonds is 2. The van der Waals surface area contributed by atoms with Gasteiger partial charge < -0.3 is 4.74 Å². The van der Waals surface area contributed by atoms with Crippen LogP contribution in [0.2, 0.25) is 0 Å². The molecule has 0 spiro atoms. The van der Waals surface area contributed by atoms with Crippen LogP contribution in [0.15, 0.2) is 18.3 Å². The Kier molecular flexibility index (Phi) is 2.71. The minimum absolute atomic E-state index is 0.0418. The second-order valence-electron chi connectivity index (χ2n) is 2.51. The van der Waals surface area contributed by atoms with Crippen LogP contribution >= 0.6 is 0 Å². The molecule has 2 heteroatoms. The van der Waals surface area contributed by atoms with Gasteiger partial charge in [0.25, 0.3) is 0 Å². The molecule has 2 nitrogen and oxygen atoms in total. The lowest BCUT2D eigenvalue weighted by atomic mass is 10.1. The van der Waals surface area contributed by atoms with Gasteiger partial charge in [0.1, 0.15) is 5.75 Å². The maximum atomic E-state index is 5.26. The molecule has 0 aromatic carbocycles. The molecule has 0 bridgehead atoms. The second-order valence-corrected chi connectivity index (χ2v) is 2.51. The van der Waals surface area contributed by atoms with E-state index in [-0.39, 0.29) is 5.92 Å². The molecule has 0 aliphatic heterocycles. The number of pyridine rings is 1. The van der Waals surface area contributed by atoms with Crippen molar-refractivity contribution in [1.82, 2.24) is 4.98 Å². The molecule has 12 heavy (non-hydrogen) atoms. The SMILES string of the molecule is C#CC(C)c1cc(OC)ccn1. The highest BCUT2D eigenvalue weighted by atomic mass is 16.5. The lowest BCUT2D eigenvalue weighted by Crippen LogP contribution is -1.94. The Morgan fingerprint density at radius 1 is 1.67 bits per heavy atom. The van der Waals surface area contributed by atoms with Crippen LogP contribution in [-0.2, 0) is 0 Å². The highest BCUT2D eigenvalue weighted by Gasteiger charge is 2.03. The Bertz CT molecular complexity index is 301. The van der Waals surface area contributed by atoms with E-state index in [2.05, 4.69) is 10.9 Å². The molecule has 0 aliphatic rings. The standard InChI is InChI=1S/C10H11NO/c1-4-8(2)10-7-9(12-3)5-6-11-10/h1,5-8H,2-3H3. The lowest BCUT2D eigenvalue weighted by Gasteiger charge is -2.04. The zero-order valence-corrected chi connectivity index (χ0v) is 7.24. The molecule has 1 rings (SSSR count). The first-order valence-corrected chi connectivity index (χ1v) is 3.74. The van der Waals surface area contributed by atoms with E-state index in [9.17, 15) is 0 Å². The topological polar surface area (TPSA) is 22.1 Å². The Balaban J connectivity index is 2.95. The first kappa shape index (κ1) is 8.61. The Labute approximate surface area is 72.6 Å². The molecular formula is C10H11NO. The molecule has 1 heterocycles. The van der Waals surface area contributed by atoms with Crippen LogP contribution in [0, 0.1) is 12.3 Å².